The first kappa shape index (κ1) is 11.2. The van der Waals surface area contributed by atoms with Gasteiger partial charge in [0.25, 0.3) is 5.91 Å². The van der Waals surface area contributed by atoms with E-state index in [2.05, 4.69) is 5.32 Å². The fraction of sp³-hybridized carbons (Fsp3) is 0.500. The molecule has 1 saturated heterocycles. The molecule has 0 radical (unpaired) electrons. The molecule has 2 aliphatic heterocycles. The number of carbonyl (C=O) groups excluding carboxylic acids is 3. The molecule has 2 aliphatic rings. The van der Waals surface area contributed by atoms with E-state index in [-0.39, 0.29) is 29.4 Å². The van der Waals surface area contributed by atoms with Gasteiger partial charge in [-0.3, -0.25) is 14.4 Å². The maximum absolute atomic E-state index is 11.6. The highest BCUT2D eigenvalue weighted by molar-refractivity contribution is 8.00. The van der Waals surface area contributed by atoms with Crippen LogP contribution in [0.2, 0.25) is 0 Å². The summed E-state index contributed by atoms with van der Waals surface area (Å²) in [6.07, 6.45) is 3.50. The number of Topliss-reactive ketones (excluding diaryl/α,β-unsaturated/α-hetero) is 1. The van der Waals surface area contributed by atoms with E-state index in [9.17, 15) is 14.4 Å². The molecular formula is C10H12N2O3S. The summed E-state index contributed by atoms with van der Waals surface area (Å²) in [4.78, 5) is 35.3. The smallest absolute Gasteiger partial charge is 0.253 e. The van der Waals surface area contributed by atoms with E-state index in [0.29, 0.717) is 0 Å². The molecule has 0 aromatic carbocycles. The van der Waals surface area contributed by atoms with E-state index in [0.717, 1.165) is 5.75 Å². The molecule has 0 aliphatic carbocycles. The molecule has 0 saturated carbocycles. The molecule has 16 heavy (non-hydrogen) atoms. The molecule has 6 heteroatoms. The Labute approximate surface area is 97.2 Å². The van der Waals surface area contributed by atoms with Gasteiger partial charge in [0.2, 0.25) is 5.91 Å². The van der Waals surface area contributed by atoms with Crippen molar-refractivity contribution in [3.05, 3.63) is 12.3 Å². The Kier molecular flexibility index (Phi) is 3.00. The second-order valence-electron chi connectivity index (χ2n) is 3.78. The topological polar surface area (TPSA) is 66.5 Å². The molecule has 0 bridgehead atoms. The Morgan fingerprint density at radius 1 is 1.62 bits per heavy atom. The van der Waals surface area contributed by atoms with E-state index in [1.165, 1.54) is 6.92 Å². The highest BCUT2D eigenvalue weighted by Gasteiger charge is 2.48. The van der Waals surface area contributed by atoms with Crippen LogP contribution in [-0.4, -0.2) is 39.7 Å². The lowest BCUT2D eigenvalue weighted by Gasteiger charge is -2.46. The molecular weight excluding hydrogens is 228 g/mol. The molecule has 86 valence electrons. The minimum atomic E-state index is -0.471. The van der Waals surface area contributed by atoms with Gasteiger partial charge in [0.1, 0.15) is 17.2 Å². The van der Waals surface area contributed by atoms with Crippen LogP contribution < -0.4 is 5.32 Å². The summed E-state index contributed by atoms with van der Waals surface area (Å²) < 4.78 is 0. The number of hydrogen-bond donors (Lipinski definition) is 1. The number of nitrogens with zero attached hydrogens (tertiary/aromatic N) is 1. The monoisotopic (exact) mass is 240 g/mol. The van der Waals surface area contributed by atoms with Crippen molar-refractivity contribution in [1.82, 2.24) is 10.2 Å². The van der Waals surface area contributed by atoms with Gasteiger partial charge in [-0.25, -0.2) is 0 Å². The van der Waals surface area contributed by atoms with Crippen molar-refractivity contribution in [2.45, 2.75) is 24.8 Å². The van der Waals surface area contributed by atoms with Gasteiger partial charge in [0, 0.05) is 12.0 Å². The number of fused-ring (bicyclic) bond motifs is 1. The zero-order valence-electron chi connectivity index (χ0n) is 8.80. The van der Waals surface area contributed by atoms with Crippen molar-refractivity contribution in [2.24, 2.45) is 0 Å². The van der Waals surface area contributed by atoms with Gasteiger partial charge in [0.15, 0.2) is 0 Å². The van der Waals surface area contributed by atoms with Crippen molar-refractivity contribution < 1.29 is 14.4 Å². The van der Waals surface area contributed by atoms with Gasteiger partial charge in [0.05, 0.1) is 6.42 Å². The third-order valence-corrected chi connectivity index (χ3v) is 3.66. The number of β-lactam (4-membered cyclic amide) rings is 1. The van der Waals surface area contributed by atoms with Crippen molar-refractivity contribution in [3.8, 4) is 0 Å². The van der Waals surface area contributed by atoms with Crippen LogP contribution in [0.15, 0.2) is 12.3 Å². The summed E-state index contributed by atoms with van der Waals surface area (Å²) >= 11 is 1.60. The molecule has 1 N–H and O–H groups in total. The van der Waals surface area contributed by atoms with Crippen LogP contribution in [0.3, 0.4) is 0 Å². The summed E-state index contributed by atoms with van der Waals surface area (Å²) in [5.41, 5.74) is 0. The molecule has 5 nitrogen and oxygen atoms in total. The molecule has 2 atom stereocenters. The first-order chi connectivity index (χ1) is 7.59. The van der Waals surface area contributed by atoms with Gasteiger partial charge in [-0.2, -0.15) is 0 Å². The predicted octanol–water partition coefficient (Wildman–Crippen LogP) is -0.121. The molecule has 1 fully saturated rings. The zero-order chi connectivity index (χ0) is 11.7. The highest BCUT2D eigenvalue weighted by atomic mass is 32.2. The van der Waals surface area contributed by atoms with Crippen LogP contribution in [0.25, 0.3) is 0 Å². The van der Waals surface area contributed by atoms with Crippen LogP contribution in [-0.2, 0) is 14.4 Å². The maximum Gasteiger partial charge on any atom is 0.253 e. The van der Waals surface area contributed by atoms with E-state index < -0.39 is 6.04 Å². The summed E-state index contributed by atoms with van der Waals surface area (Å²) in [6.45, 7) is 1.35. The van der Waals surface area contributed by atoms with Crippen LogP contribution in [0, 0.1) is 0 Å². The number of thioether (sulfide) groups is 1. The largest absolute Gasteiger partial charge is 0.341 e. The first-order valence-electron chi connectivity index (χ1n) is 4.99. The highest BCUT2D eigenvalue weighted by Crippen LogP contribution is 2.33. The van der Waals surface area contributed by atoms with Gasteiger partial charge in [-0.1, -0.05) is 6.08 Å². The second-order valence-corrected chi connectivity index (χ2v) is 4.93. The molecule has 0 aromatic rings. The Balaban J connectivity index is 1.92. The Morgan fingerprint density at radius 2 is 2.38 bits per heavy atom. The number of rotatable bonds is 3. The molecule has 0 aromatic heterocycles. The molecule has 0 spiro atoms. The van der Waals surface area contributed by atoms with Crippen molar-refractivity contribution in [3.63, 3.8) is 0 Å². The average Bonchev–Trinajstić information content (AvgIpc) is 2.24. The number of carbonyl (C=O) groups is 3. The molecule has 1 unspecified atom stereocenters. The average molecular weight is 240 g/mol. The van der Waals surface area contributed by atoms with Gasteiger partial charge in [-0.05, 0) is 6.92 Å². The summed E-state index contributed by atoms with van der Waals surface area (Å²) in [5, 5.41) is 2.58. The maximum atomic E-state index is 11.6. The quantitative estimate of drug-likeness (QED) is 0.551. The number of nitrogens with one attached hydrogen (secondary N) is 1. The van der Waals surface area contributed by atoms with Crippen molar-refractivity contribution in [2.75, 3.05) is 5.75 Å². The van der Waals surface area contributed by atoms with E-state index in [1.807, 2.05) is 6.08 Å². The lowest BCUT2D eigenvalue weighted by Crippen LogP contribution is -2.68. The van der Waals surface area contributed by atoms with Gasteiger partial charge < -0.3 is 10.2 Å². The number of amides is 2. The van der Waals surface area contributed by atoms with Gasteiger partial charge >= 0.3 is 0 Å². The Hall–Kier alpha value is -1.30. The normalized spacial score (nSPS) is 27.1. The zero-order valence-corrected chi connectivity index (χ0v) is 9.62. The minimum Gasteiger partial charge on any atom is -0.341 e. The van der Waals surface area contributed by atoms with Crippen LogP contribution in [0.4, 0.5) is 0 Å². The van der Waals surface area contributed by atoms with Crippen molar-refractivity contribution in [1.29, 1.82) is 0 Å². The van der Waals surface area contributed by atoms with Crippen LogP contribution in [0.1, 0.15) is 13.3 Å². The number of ketones is 1. The Bertz CT molecular complexity index is 380. The number of hydrogen-bond acceptors (Lipinski definition) is 4. The Morgan fingerprint density at radius 3 is 3.06 bits per heavy atom. The van der Waals surface area contributed by atoms with Gasteiger partial charge in [-0.15, -0.1) is 11.8 Å². The molecule has 2 heterocycles. The van der Waals surface area contributed by atoms with Crippen LogP contribution in [0.5, 0.6) is 0 Å². The van der Waals surface area contributed by atoms with Crippen LogP contribution >= 0.6 is 11.8 Å². The van der Waals surface area contributed by atoms with E-state index in [4.69, 9.17) is 0 Å². The van der Waals surface area contributed by atoms with E-state index >= 15 is 0 Å². The third kappa shape index (κ3) is 1.97. The van der Waals surface area contributed by atoms with Crippen molar-refractivity contribution >= 4 is 29.4 Å². The van der Waals surface area contributed by atoms with E-state index in [1.54, 1.807) is 22.9 Å². The fourth-order valence-corrected chi connectivity index (χ4v) is 2.82. The molecule has 2 rings (SSSR count). The third-order valence-electron chi connectivity index (χ3n) is 2.44. The first-order valence-corrected chi connectivity index (χ1v) is 6.03. The standard InChI is InChI=1S/C10H12N2O3S/c1-6(13)5-7(14)11-8-9(15)12-3-2-4-16-10(8)12/h2-3,8,10H,4-5H2,1H3,(H,11,14)/t8?,10-/m1/s1. The fourth-order valence-electron chi connectivity index (χ4n) is 1.72. The summed E-state index contributed by atoms with van der Waals surface area (Å²) in [6, 6.07) is -0.471. The lowest BCUT2D eigenvalue weighted by atomic mass is 10.1. The lowest BCUT2D eigenvalue weighted by molar-refractivity contribution is -0.145. The SMILES string of the molecule is CC(=O)CC(=O)NC1C(=O)N2C=CCS[C@H]12. The second kappa shape index (κ2) is 4.29. The predicted molar refractivity (Wildman–Crippen MR) is 59.5 cm³/mol. The summed E-state index contributed by atoms with van der Waals surface area (Å²) in [5.74, 6) is 0.163. The minimum absolute atomic E-state index is 0.00610. The molecule has 2 amide bonds. The summed E-state index contributed by atoms with van der Waals surface area (Å²) in [7, 11) is 0.